The second-order valence-corrected chi connectivity index (χ2v) is 6.65. The summed E-state index contributed by atoms with van der Waals surface area (Å²) in [4.78, 5) is 35.0. The number of rotatable bonds is 8. The fourth-order valence-electron chi connectivity index (χ4n) is 2.26. The molecule has 0 fully saturated rings. The van der Waals surface area contributed by atoms with E-state index in [1.54, 1.807) is 48.5 Å². The van der Waals surface area contributed by atoms with Crippen LogP contribution in [0.5, 0.6) is 5.75 Å². The van der Waals surface area contributed by atoms with Gasteiger partial charge >= 0.3 is 5.97 Å². The minimum atomic E-state index is -0.274. The summed E-state index contributed by atoms with van der Waals surface area (Å²) in [6.45, 7) is 1.42. The topological polar surface area (TPSA) is 84.5 Å². The molecular formula is C20H21BrN2O4. The molecule has 6 nitrogen and oxygen atoms in total. The van der Waals surface area contributed by atoms with Gasteiger partial charge in [-0.15, -0.1) is 0 Å². The summed E-state index contributed by atoms with van der Waals surface area (Å²) < 4.78 is 5.25. The molecule has 0 unspecified atom stereocenters. The first kappa shape index (κ1) is 20.6. The lowest BCUT2D eigenvalue weighted by Gasteiger charge is -2.08. The van der Waals surface area contributed by atoms with Gasteiger partial charge in [-0.3, -0.25) is 14.4 Å². The Morgan fingerprint density at radius 3 is 2.07 bits per heavy atom. The predicted molar refractivity (Wildman–Crippen MR) is 108 cm³/mol. The average molecular weight is 433 g/mol. The van der Waals surface area contributed by atoms with Gasteiger partial charge in [0.25, 0.3) is 5.91 Å². The third-order valence-corrected chi connectivity index (χ3v) is 4.14. The Morgan fingerprint density at radius 2 is 1.48 bits per heavy atom. The maximum atomic E-state index is 12.3. The molecule has 2 amide bonds. The van der Waals surface area contributed by atoms with E-state index in [1.807, 2.05) is 0 Å². The van der Waals surface area contributed by atoms with Crippen LogP contribution in [0, 0.1) is 0 Å². The predicted octanol–water partition coefficient (Wildman–Crippen LogP) is 4.37. The van der Waals surface area contributed by atoms with Gasteiger partial charge in [0.05, 0.1) is 0 Å². The summed E-state index contributed by atoms with van der Waals surface area (Å²) >= 11 is 3.32. The third kappa shape index (κ3) is 7.22. The molecule has 2 aromatic rings. The Hall–Kier alpha value is -2.67. The molecule has 2 aromatic carbocycles. The first-order chi connectivity index (χ1) is 13.0. The lowest BCUT2D eigenvalue weighted by Crippen LogP contribution is -2.12. The van der Waals surface area contributed by atoms with Crippen LogP contribution in [0.3, 0.4) is 0 Å². The highest BCUT2D eigenvalue weighted by Crippen LogP contribution is 2.18. The number of ether oxygens (including phenoxy) is 1. The van der Waals surface area contributed by atoms with Gasteiger partial charge in [0, 0.05) is 35.6 Å². The van der Waals surface area contributed by atoms with E-state index in [9.17, 15) is 14.4 Å². The Bertz CT molecular complexity index is 789. The van der Waals surface area contributed by atoms with Gasteiger partial charge in [-0.2, -0.15) is 0 Å². The van der Waals surface area contributed by atoms with Crippen LogP contribution < -0.4 is 15.4 Å². The number of hydrogen-bond donors (Lipinski definition) is 2. The molecule has 0 aliphatic carbocycles. The van der Waals surface area contributed by atoms with Crippen molar-refractivity contribution >= 4 is 45.1 Å². The number of esters is 1. The number of unbranched alkanes of at least 4 members (excludes halogenated alkanes) is 1. The van der Waals surface area contributed by atoms with Crippen LogP contribution in [0.15, 0.2) is 48.5 Å². The molecule has 7 heteroatoms. The fourth-order valence-corrected chi connectivity index (χ4v) is 2.66. The van der Waals surface area contributed by atoms with E-state index in [0.717, 1.165) is 18.2 Å². The SMILES string of the molecule is CC(=O)Nc1ccc(C(=O)Nc2ccc(OC(=O)CCCCBr)cc2)cc1. The van der Waals surface area contributed by atoms with Crippen molar-refractivity contribution in [3.63, 3.8) is 0 Å². The van der Waals surface area contributed by atoms with E-state index in [0.29, 0.717) is 29.1 Å². The molecule has 2 rings (SSSR count). The number of alkyl halides is 1. The minimum absolute atomic E-state index is 0.170. The molecule has 142 valence electrons. The average Bonchev–Trinajstić information content (AvgIpc) is 2.63. The normalized spacial score (nSPS) is 10.1. The summed E-state index contributed by atoms with van der Waals surface area (Å²) in [5.74, 6) is -0.275. The van der Waals surface area contributed by atoms with E-state index in [4.69, 9.17) is 4.74 Å². The van der Waals surface area contributed by atoms with Crippen LogP contribution in [0.2, 0.25) is 0 Å². The van der Waals surface area contributed by atoms with Gasteiger partial charge in [-0.05, 0) is 61.4 Å². The summed E-state index contributed by atoms with van der Waals surface area (Å²) in [6, 6.07) is 13.2. The molecule has 0 aliphatic heterocycles. The number of amides is 2. The molecule has 0 spiro atoms. The van der Waals surface area contributed by atoms with Crippen molar-refractivity contribution in [1.82, 2.24) is 0 Å². The zero-order chi connectivity index (χ0) is 19.6. The molecule has 0 aromatic heterocycles. The highest BCUT2D eigenvalue weighted by molar-refractivity contribution is 9.09. The molecule has 0 saturated carbocycles. The number of nitrogens with one attached hydrogen (secondary N) is 2. The van der Waals surface area contributed by atoms with Crippen LogP contribution in [0.25, 0.3) is 0 Å². The molecule has 0 atom stereocenters. The Morgan fingerprint density at radius 1 is 0.889 bits per heavy atom. The summed E-state index contributed by atoms with van der Waals surface area (Å²) in [5, 5.41) is 6.28. The van der Waals surface area contributed by atoms with Crippen molar-refractivity contribution < 1.29 is 19.1 Å². The van der Waals surface area contributed by atoms with Gasteiger partial charge in [-0.25, -0.2) is 0 Å². The molecule has 0 aliphatic rings. The molecular weight excluding hydrogens is 412 g/mol. The second-order valence-electron chi connectivity index (χ2n) is 5.86. The first-order valence-electron chi connectivity index (χ1n) is 8.53. The lowest BCUT2D eigenvalue weighted by molar-refractivity contribution is -0.134. The molecule has 0 saturated heterocycles. The fraction of sp³-hybridized carbons (Fsp3) is 0.250. The maximum Gasteiger partial charge on any atom is 0.311 e. The van der Waals surface area contributed by atoms with Crippen LogP contribution >= 0.6 is 15.9 Å². The Balaban J connectivity index is 1.89. The number of carbonyl (C=O) groups excluding carboxylic acids is 3. The monoisotopic (exact) mass is 432 g/mol. The largest absolute Gasteiger partial charge is 0.427 e. The van der Waals surface area contributed by atoms with E-state index >= 15 is 0 Å². The van der Waals surface area contributed by atoms with Crippen LogP contribution in [-0.4, -0.2) is 23.1 Å². The van der Waals surface area contributed by atoms with Crippen LogP contribution in [0.1, 0.15) is 36.5 Å². The quantitative estimate of drug-likeness (QED) is 0.280. The number of anilines is 2. The van der Waals surface area contributed by atoms with Gasteiger partial charge in [0.1, 0.15) is 5.75 Å². The van der Waals surface area contributed by atoms with E-state index < -0.39 is 0 Å². The lowest BCUT2D eigenvalue weighted by atomic mass is 10.2. The maximum absolute atomic E-state index is 12.3. The van der Waals surface area contributed by atoms with Crippen molar-refractivity contribution in [3.05, 3.63) is 54.1 Å². The van der Waals surface area contributed by atoms with Crippen molar-refractivity contribution in [2.75, 3.05) is 16.0 Å². The van der Waals surface area contributed by atoms with Crippen molar-refractivity contribution in [2.24, 2.45) is 0 Å². The van der Waals surface area contributed by atoms with Crippen molar-refractivity contribution in [3.8, 4) is 5.75 Å². The van der Waals surface area contributed by atoms with E-state index in [-0.39, 0.29) is 17.8 Å². The molecule has 2 N–H and O–H groups in total. The van der Waals surface area contributed by atoms with Crippen molar-refractivity contribution in [2.45, 2.75) is 26.2 Å². The molecule has 27 heavy (non-hydrogen) atoms. The van der Waals surface area contributed by atoms with E-state index in [2.05, 4.69) is 26.6 Å². The summed E-state index contributed by atoms with van der Waals surface area (Å²) in [7, 11) is 0. The van der Waals surface area contributed by atoms with E-state index in [1.165, 1.54) is 6.92 Å². The zero-order valence-electron chi connectivity index (χ0n) is 15.0. The highest BCUT2D eigenvalue weighted by Gasteiger charge is 2.08. The van der Waals surface area contributed by atoms with Gasteiger partial charge < -0.3 is 15.4 Å². The zero-order valence-corrected chi connectivity index (χ0v) is 16.5. The number of hydrogen-bond acceptors (Lipinski definition) is 4. The number of benzene rings is 2. The Kier molecular flexibility index (Phi) is 8.00. The molecule has 0 radical (unpaired) electrons. The molecule has 0 bridgehead atoms. The van der Waals surface area contributed by atoms with Gasteiger partial charge in [-0.1, -0.05) is 15.9 Å². The minimum Gasteiger partial charge on any atom is -0.427 e. The standard InChI is InChI=1S/C20H21BrN2O4/c1-14(24)22-16-7-5-15(6-8-16)20(26)23-17-9-11-18(12-10-17)27-19(25)4-2-3-13-21/h5-12H,2-4,13H2,1H3,(H,22,24)(H,23,26). The van der Waals surface area contributed by atoms with Gasteiger partial charge in [0.2, 0.25) is 5.91 Å². The summed E-state index contributed by atoms with van der Waals surface area (Å²) in [6.07, 6.45) is 2.07. The van der Waals surface area contributed by atoms with Gasteiger partial charge in [0.15, 0.2) is 0 Å². The highest BCUT2D eigenvalue weighted by atomic mass is 79.9. The second kappa shape index (κ2) is 10.5. The number of halogens is 1. The Labute approximate surface area is 166 Å². The van der Waals surface area contributed by atoms with Crippen molar-refractivity contribution in [1.29, 1.82) is 0 Å². The third-order valence-electron chi connectivity index (χ3n) is 3.58. The number of carbonyl (C=O) groups is 3. The van der Waals surface area contributed by atoms with Crippen LogP contribution in [0.4, 0.5) is 11.4 Å². The smallest absolute Gasteiger partial charge is 0.311 e. The molecule has 0 heterocycles. The summed E-state index contributed by atoms with van der Waals surface area (Å²) in [5.41, 5.74) is 1.68. The first-order valence-corrected chi connectivity index (χ1v) is 9.66. The van der Waals surface area contributed by atoms with Crippen LogP contribution in [-0.2, 0) is 9.59 Å².